The van der Waals surface area contributed by atoms with Crippen LogP contribution in [0.5, 0.6) is 0 Å². The van der Waals surface area contributed by atoms with Crippen molar-refractivity contribution in [3.8, 4) is 12.0 Å². The molecule has 0 aromatic carbocycles. The zero-order valence-electron chi connectivity index (χ0n) is 5.98. The molecule has 56 valence electrons. The Morgan fingerprint density at radius 1 is 1.70 bits per heavy atom. The van der Waals surface area contributed by atoms with Gasteiger partial charge in [-0.1, -0.05) is 19.3 Å². The molecule has 3 heteroatoms. The van der Waals surface area contributed by atoms with E-state index in [1.807, 2.05) is 5.32 Å². The quantitative estimate of drug-likeness (QED) is 0.347. The average molecular weight is 141 g/mol. The molecule has 2 N–H and O–H groups in total. The highest BCUT2D eigenvalue weighted by Crippen LogP contribution is 1.89. The predicted molar refractivity (Wildman–Crippen MR) is 38.5 cm³/mol. The monoisotopic (exact) mass is 141 g/mol. The topological polar surface area (TPSA) is 49.3 Å². The standard InChI is InChI=1S/C7H11NO2/c1-2-3-4-5-6-8-7(9)10/h8H,2-4H2,1H3,(H,9,10). The second kappa shape index (κ2) is 5.96. The Morgan fingerprint density at radius 3 is 2.90 bits per heavy atom. The highest BCUT2D eigenvalue weighted by Gasteiger charge is 1.83. The van der Waals surface area contributed by atoms with Gasteiger partial charge >= 0.3 is 6.09 Å². The maximum absolute atomic E-state index is 9.82. The van der Waals surface area contributed by atoms with E-state index in [-0.39, 0.29) is 0 Å². The molecule has 0 fully saturated rings. The molecule has 10 heavy (non-hydrogen) atoms. The van der Waals surface area contributed by atoms with Crippen LogP contribution in [-0.2, 0) is 0 Å². The van der Waals surface area contributed by atoms with Crippen LogP contribution in [0.25, 0.3) is 0 Å². The zero-order valence-corrected chi connectivity index (χ0v) is 5.98. The Kier molecular flexibility index (Phi) is 5.26. The molecule has 0 atom stereocenters. The van der Waals surface area contributed by atoms with E-state index in [1.54, 1.807) is 0 Å². The number of hydrogen-bond donors (Lipinski definition) is 2. The molecule has 1 amide bonds. The fourth-order valence-corrected chi connectivity index (χ4v) is 0.425. The maximum atomic E-state index is 9.82. The van der Waals surface area contributed by atoms with E-state index in [0.29, 0.717) is 0 Å². The molecule has 0 saturated heterocycles. The van der Waals surface area contributed by atoms with Crippen LogP contribution in [-0.4, -0.2) is 11.2 Å². The summed E-state index contributed by atoms with van der Waals surface area (Å²) in [5.41, 5.74) is 0. The summed E-state index contributed by atoms with van der Waals surface area (Å²) < 4.78 is 0. The summed E-state index contributed by atoms with van der Waals surface area (Å²) in [6, 6.07) is 2.32. The fourth-order valence-electron chi connectivity index (χ4n) is 0.425. The first-order chi connectivity index (χ1) is 4.77. The normalized spacial score (nSPS) is 7.70. The van der Waals surface area contributed by atoms with Crippen molar-refractivity contribution in [3.05, 3.63) is 0 Å². The summed E-state index contributed by atoms with van der Waals surface area (Å²) in [7, 11) is 0. The largest absolute Gasteiger partial charge is 0.464 e. The Balaban J connectivity index is 3.23. The molecular formula is C7H11NO2. The van der Waals surface area contributed by atoms with Crippen LogP contribution in [0.1, 0.15) is 26.2 Å². The minimum Gasteiger partial charge on any atom is -0.464 e. The highest BCUT2D eigenvalue weighted by atomic mass is 16.4. The first kappa shape index (κ1) is 8.83. The van der Waals surface area contributed by atoms with Gasteiger partial charge < -0.3 is 5.11 Å². The van der Waals surface area contributed by atoms with Crippen molar-refractivity contribution in [2.75, 3.05) is 0 Å². The van der Waals surface area contributed by atoms with Crippen molar-refractivity contribution in [1.29, 1.82) is 0 Å². The number of unbranched alkanes of at least 4 members (excludes halogenated alkanes) is 2. The molecule has 0 aliphatic carbocycles. The van der Waals surface area contributed by atoms with Crippen LogP contribution in [0.15, 0.2) is 0 Å². The number of nitrogens with one attached hydrogen (secondary N) is 1. The summed E-state index contributed by atoms with van der Waals surface area (Å²) in [5, 5.41) is 10.0. The van der Waals surface area contributed by atoms with Crippen molar-refractivity contribution in [1.82, 2.24) is 5.32 Å². The van der Waals surface area contributed by atoms with Gasteiger partial charge in [0, 0.05) is 12.5 Å². The van der Waals surface area contributed by atoms with Crippen molar-refractivity contribution < 1.29 is 9.90 Å². The zero-order chi connectivity index (χ0) is 7.82. The van der Waals surface area contributed by atoms with Crippen LogP contribution in [0.3, 0.4) is 0 Å². The average Bonchev–Trinajstić information content (AvgIpc) is 1.87. The van der Waals surface area contributed by atoms with Gasteiger partial charge in [0.1, 0.15) is 0 Å². The predicted octanol–water partition coefficient (Wildman–Crippen LogP) is 1.41. The van der Waals surface area contributed by atoms with E-state index in [1.165, 1.54) is 0 Å². The van der Waals surface area contributed by atoms with Crippen molar-refractivity contribution in [3.63, 3.8) is 0 Å². The summed E-state index contributed by atoms with van der Waals surface area (Å²) in [6.45, 7) is 2.06. The highest BCUT2D eigenvalue weighted by molar-refractivity contribution is 5.66. The molecule has 0 saturated carbocycles. The molecule has 0 aliphatic rings. The van der Waals surface area contributed by atoms with Crippen LogP contribution in [0.4, 0.5) is 4.79 Å². The lowest BCUT2D eigenvalue weighted by atomic mass is 10.3. The third-order valence-corrected chi connectivity index (χ3v) is 0.913. The maximum Gasteiger partial charge on any atom is 0.416 e. The molecular weight excluding hydrogens is 130 g/mol. The summed E-state index contributed by atoms with van der Waals surface area (Å²) in [6.07, 6.45) is 1.77. The summed E-state index contributed by atoms with van der Waals surface area (Å²) >= 11 is 0. The third kappa shape index (κ3) is 6.83. The second-order valence-electron chi connectivity index (χ2n) is 1.84. The van der Waals surface area contributed by atoms with E-state index in [9.17, 15) is 4.79 Å². The molecule has 0 radical (unpaired) electrons. The fraction of sp³-hybridized carbons (Fsp3) is 0.571. The van der Waals surface area contributed by atoms with Gasteiger partial charge in [-0.05, 0) is 6.42 Å². The first-order valence-corrected chi connectivity index (χ1v) is 3.24. The number of amides is 1. The molecule has 0 aromatic rings. The minimum atomic E-state index is -1.09. The molecule has 0 aliphatic heterocycles. The van der Waals surface area contributed by atoms with Gasteiger partial charge in [0.05, 0.1) is 0 Å². The molecule has 0 aromatic heterocycles. The van der Waals surface area contributed by atoms with Crippen LogP contribution >= 0.6 is 0 Å². The smallest absolute Gasteiger partial charge is 0.416 e. The Hall–Kier alpha value is -1.17. The van der Waals surface area contributed by atoms with E-state index in [0.717, 1.165) is 19.3 Å². The van der Waals surface area contributed by atoms with Crippen LogP contribution in [0.2, 0.25) is 0 Å². The first-order valence-electron chi connectivity index (χ1n) is 3.24. The molecule has 0 rings (SSSR count). The Labute approximate surface area is 60.4 Å². The second-order valence-corrected chi connectivity index (χ2v) is 1.84. The number of carboxylic acid groups (broad SMARTS) is 1. The van der Waals surface area contributed by atoms with Crippen molar-refractivity contribution in [2.45, 2.75) is 26.2 Å². The van der Waals surface area contributed by atoms with Crippen LogP contribution < -0.4 is 5.32 Å². The van der Waals surface area contributed by atoms with Gasteiger partial charge in [0.25, 0.3) is 0 Å². The lowest BCUT2D eigenvalue weighted by Gasteiger charge is -1.84. The number of hydrogen-bond acceptors (Lipinski definition) is 1. The lowest BCUT2D eigenvalue weighted by molar-refractivity contribution is 0.199. The van der Waals surface area contributed by atoms with Gasteiger partial charge in [-0.3, -0.25) is 0 Å². The van der Waals surface area contributed by atoms with Gasteiger partial charge in [-0.25, -0.2) is 10.1 Å². The lowest BCUT2D eigenvalue weighted by Crippen LogP contribution is -2.13. The van der Waals surface area contributed by atoms with Gasteiger partial charge in [0.15, 0.2) is 0 Å². The number of carbonyl (C=O) groups is 1. The van der Waals surface area contributed by atoms with E-state index >= 15 is 0 Å². The van der Waals surface area contributed by atoms with Crippen molar-refractivity contribution >= 4 is 6.09 Å². The van der Waals surface area contributed by atoms with Crippen LogP contribution in [0, 0.1) is 12.0 Å². The van der Waals surface area contributed by atoms with Gasteiger partial charge in [-0.15, -0.1) is 0 Å². The Bertz CT molecular complexity index is 155. The van der Waals surface area contributed by atoms with Crippen molar-refractivity contribution in [2.24, 2.45) is 0 Å². The third-order valence-electron chi connectivity index (χ3n) is 0.913. The minimum absolute atomic E-state index is 0.761. The molecule has 0 unspecified atom stereocenters. The summed E-state index contributed by atoms with van der Waals surface area (Å²) in [4.78, 5) is 9.82. The SMILES string of the molecule is CCCCC#CNC(=O)O. The summed E-state index contributed by atoms with van der Waals surface area (Å²) in [5.74, 6) is 2.68. The van der Waals surface area contributed by atoms with Gasteiger partial charge in [-0.2, -0.15) is 0 Å². The van der Waals surface area contributed by atoms with E-state index in [2.05, 4.69) is 18.9 Å². The molecule has 0 heterocycles. The van der Waals surface area contributed by atoms with Gasteiger partial charge in [0.2, 0.25) is 0 Å². The Morgan fingerprint density at radius 2 is 2.40 bits per heavy atom. The molecule has 0 bridgehead atoms. The van der Waals surface area contributed by atoms with E-state index < -0.39 is 6.09 Å². The number of rotatable bonds is 2. The van der Waals surface area contributed by atoms with E-state index in [4.69, 9.17) is 5.11 Å². The molecule has 0 spiro atoms. The molecule has 3 nitrogen and oxygen atoms in total.